The Balaban J connectivity index is 2.69. The van der Waals surface area contributed by atoms with Crippen molar-refractivity contribution in [2.75, 3.05) is 0 Å². The van der Waals surface area contributed by atoms with Crippen LogP contribution in [0.4, 0.5) is 4.39 Å². The van der Waals surface area contributed by atoms with E-state index in [0.29, 0.717) is 15.6 Å². The van der Waals surface area contributed by atoms with Gasteiger partial charge in [0.1, 0.15) is 11.6 Å². The van der Waals surface area contributed by atoms with E-state index in [4.69, 9.17) is 0 Å². The van der Waals surface area contributed by atoms with Crippen LogP contribution in [0, 0.1) is 5.82 Å². The maximum absolute atomic E-state index is 13.6. The summed E-state index contributed by atoms with van der Waals surface area (Å²) < 4.78 is 14.2. The summed E-state index contributed by atoms with van der Waals surface area (Å²) in [4.78, 5) is 0. The fourth-order valence-electron chi connectivity index (χ4n) is 1.44. The van der Waals surface area contributed by atoms with E-state index in [1.807, 2.05) is 0 Å². The SMILES string of the molecule is Oc1ccccc1-c1c(F)cccc1Br. The van der Waals surface area contributed by atoms with Crippen molar-refractivity contribution in [1.82, 2.24) is 0 Å². The van der Waals surface area contributed by atoms with Gasteiger partial charge in [0.15, 0.2) is 0 Å². The first-order chi connectivity index (χ1) is 7.20. The average Bonchev–Trinajstić information content (AvgIpc) is 2.20. The Morgan fingerprint density at radius 1 is 1.00 bits per heavy atom. The molecule has 0 saturated heterocycles. The van der Waals surface area contributed by atoms with Gasteiger partial charge in [-0.2, -0.15) is 0 Å². The monoisotopic (exact) mass is 266 g/mol. The maximum atomic E-state index is 13.6. The van der Waals surface area contributed by atoms with Gasteiger partial charge in [-0.3, -0.25) is 0 Å². The normalized spacial score (nSPS) is 10.3. The van der Waals surface area contributed by atoms with Gasteiger partial charge in [0, 0.05) is 15.6 Å². The van der Waals surface area contributed by atoms with Crippen LogP contribution in [0.25, 0.3) is 11.1 Å². The van der Waals surface area contributed by atoms with E-state index in [2.05, 4.69) is 15.9 Å². The first kappa shape index (κ1) is 10.2. The largest absolute Gasteiger partial charge is 0.507 e. The van der Waals surface area contributed by atoms with Crippen LogP contribution in [0.15, 0.2) is 46.9 Å². The second-order valence-corrected chi connectivity index (χ2v) is 3.97. The number of aromatic hydroxyl groups is 1. The molecule has 0 spiro atoms. The van der Waals surface area contributed by atoms with Crippen molar-refractivity contribution in [3.63, 3.8) is 0 Å². The van der Waals surface area contributed by atoms with E-state index >= 15 is 0 Å². The van der Waals surface area contributed by atoms with Crippen molar-refractivity contribution in [2.24, 2.45) is 0 Å². The molecule has 3 heteroatoms. The topological polar surface area (TPSA) is 20.2 Å². The molecule has 0 heterocycles. The molecule has 15 heavy (non-hydrogen) atoms. The quantitative estimate of drug-likeness (QED) is 0.829. The lowest BCUT2D eigenvalue weighted by Crippen LogP contribution is -1.86. The van der Waals surface area contributed by atoms with Crippen LogP contribution in [-0.2, 0) is 0 Å². The van der Waals surface area contributed by atoms with E-state index in [0.717, 1.165) is 0 Å². The molecule has 2 aromatic carbocycles. The first-order valence-electron chi connectivity index (χ1n) is 4.42. The van der Waals surface area contributed by atoms with Crippen LogP contribution in [0.5, 0.6) is 5.75 Å². The molecule has 1 nitrogen and oxygen atoms in total. The number of halogens is 2. The molecule has 0 amide bonds. The fraction of sp³-hybridized carbons (Fsp3) is 0. The van der Waals surface area contributed by atoms with Crippen LogP contribution >= 0.6 is 15.9 Å². The third-order valence-corrected chi connectivity index (χ3v) is 2.80. The summed E-state index contributed by atoms with van der Waals surface area (Å²) in [5, 5.41) is 9.63. The molecule has 0 fully saturated rings. The van der Waals surface area contributed by atoms with Crippen molar-refractivity contribution in [3.8, 4) is 16.9 Å². The number of rotatable bonds is 1. The number of phenols is 1. The Bertz CT molecular complexity index is 476. The van der Waals surface area contributed by atoms with Gasteiger partial charge < -0.3 is 5.11 Å². The molecule has 1 N–H and O–H groups in total. The molecule has 0 unspecified atom stereocenters. The number of hydrogen-bond donors (Lipinski definition) is 1. The summed E-state index contributed by atoms with van der Waals surface area (Å²) in [6, 6.07) is 11.4. The van der Waals surface area contributed by atoms with Crippen LogP contribution < -0.4 is 0 Å². The molecule has 2 aromatic rings. The van der Waals surface area contributed by atoms with Gasteiger partial charge in [0.05, 0.1) is 0 Å². The molecule has 0 aliphatic carbocycles. The van der Waals surface area contributed by atoms with E-state index < -0.39 is 0 Å². The third-order valence-electron chi connectivity index (χ3n) is 2.14. The van der Waals surface area contributed by atoms with Crippen LogP contribution in [0.3, 0.4) is 0 Å². The zero-order chi connectivity index (χ0) is 10.8. The molecule has 0 aromatic heterocycles. The Labute approximate surface area is 95.3 Å². The lowest BCUT2D eigenvalue weighted by molar-refractivity contribution is 0.476. The zero-order valence-electron chi connectivity index (χ0n) is 7.74. The molecule has 2 rings (SSSR count). The Morgan fingerprint density at radius 2 is 1.73 bits per heavy atom. The minimum atomic E-state index is -0.356. The van der Waals surface area contributed by atoms with Gasteiger partial charge in [-0.1, -0.05) is 40.2 Å². The predicted molar refractivity (Wildman–Crippen MR) is 61.2 cm³/mol. The van der Waals surface area contributed by atoms with E-state index in [1.165, 1.54) is 12.1 Å². The highest BCUT2D eigenvalue weighted by molar-refractivity contribution is 9.10. The summed E-state index contributed by atoms with van der Waals surface area (Å²) in [5.74, 6) is -0.283. The number of phenolic OH excluding ortho intramolecular Hbond substituents is 1. The van der Waals surface area contributed by atoms with Crippen molar-refractivity contribution in [3.05, 3.63) is 52.8 Å². The minimum absolute atomic E-state index is 0.0725. The fourth-order valence-corrected chi connectivity index (χ4v) is 2.00. The van der Waals surface area contributed by atoms with Crippen LogP contribution in [0.2, 0.25) is 0 Å². The average molecular weight is 267 g/mol. The van der Waals surface area contributed by atoms with Crippen molar-refractivity contribution >= 4 is 15.9 Å². The van der Waals surface area contributed by atoms with Gasteiger partial charge in [-0.25, -0.2) is 4.39 Å². The molecule has 0 radical (unpaired) electrons. The van der Waals surface area contributed by atoms with Gasteiger partial charge in [0.25, 0.3) is 0 Å². The molecule has 0 aliphatic rings. The van der Waals surface area contributed by atoms with E-state index in [1.54, 1.807) is 30.3 Å². The highest BCUT2D eigenvalue weighted by Crippen LogP contribution is 2.35. The van der Waals surface area contributed by atoms with Crippen LogP contribution in [-0.4, -0.2) is 5.11 Å². The Kier molecular flexibility index (Phi) is 2.73. The molecule has 0 aliphatic heterocycles. The Morgan fingerprint density at radius 3 is 2.40 bits per heavy atom. The highest BCUT2D eigenvalue weighted by Gasteiger charge is 2.11. The zero-order valence-corrected chi connectivity index (χ0v) is 9.33. The summed E-state index contributed by atoms with van der Waals surface area (Å²) in [5.41, 5.74) is 0.873. The van der Waals surface area contributed by atoms with Gasteiger partial charge in [0.2, 0.25) is 0 Å². The van der Waals surface area contributed by atoms with E-state index in [9.17, 15) is 9.50 Å². The second kappa shape index (κ2) is 4.03. The highest BCUT2D eigenvalue weighted by atomic mass is 79.9. The minimum Gasteiger partial charge on any atom is -0.507 e. The molecular formula is C12H8BrFO. The van der Waals surface area contributed by atoms with Crippen LogP contribution in [0.1, 0.15) is 0 Å². The molecule has 76 valence electrons. The molecular weight excluding hydrogens is 259 g/mol. The smallest absolute Gasteiger partial charge is 0.132 e. The predicted octanol–water partition coefficient (Wildman–Crippen LogP) is 3.96. The lowest BCUT2D eigenvalue weighted by atomic mass is 10.0. The number of para-hydroxylation sites is 1. The summed E-state index contributed by atoms with van der Waals surface area (Å²) in [6.45, 7) is 0. The van der Waals surface area contributed by atoms with Gasteiger partial charge >= 0.3 is 0 Å². The Hall–Kier alpha value is -1.35. The van der Waals surface area contributed by atoms with E-state index in [-0.39, 0.29) is 11.6 Å². The van der Waals surface area contributed by atoms with Crippen molar-refractivity contribution in [2.45, 2.75) is 0 Å². The molecule has 0 bridgehead atoms. The number of benzene rings is 2. The second-order valence-electron chi connectivity index (χ2n) is 3.11. The van der Waals surface area contributed by atoms with Crippen molar-refractivity contribution < 1.29 is 9.50 Å². The third kappa shape index (κ3) is 1.88. The summed E-state index contributed by atoms with van der Waals surface area (Å²) >= 11 is 3.27. The molecule has 0 atom stereocenters. The lowest BCUT2D eigenvalue weighted by Gasteiger charge is -2.07. The van der Waals surface area contributed by atoms with Gasteiger partial charge in [-0.05, 0) is 18.2 Å². The number of hydrogen-bond acceptors (Lipinski definition) is 1. The first-order valence-corrected chi connectivity index (χ1v) is 5.22. The van der Waals surface area contributed by atoms with Gasteiger partial charge in [-0.15, -0.1) is 0 Å². The standard InChI is InChI=1S/C12H8BrFO/c13-9-5-3-6-10(14)12(9)8-4-1-2-7-11(8)15/h1-7,15H. The molecule has 0 saturated carbocycles. The summed E-state index contributed by atoms with van der Waals surface area (Å²) in [7, 11) is 0. The maximum Gasteiger partial charge on any atom is 0.132 e. The van der Waals surface area contributed by atoms with Crippen molar-refractivity contribution in [1.29, 1.82) is 0 Å². The summed E-state index contributed by atoms with van der Waals surface area (Å²) in [6.07, 6.45) is 0.